The molecule has 0 saturated carbocycles. The normalized spacial score (nSPS) is 23.7. The van der Waals surface area contributed by atoms with Gasteiger partial charge >= 0.3 is 0 Å². The number of nitrogens with two attached hydrogens (primary N) is 7. The summed E-state index contributed by atoms with van der Waals surface area (Å²) in [4.78, 5) is 184. The van der Waals surface area contributed by atoms with Gasteiger partial charge in [-0.25, -0.2) is 0 Å². The van der Waals surface area contributed by atoms with Gasteiger partial charge in [0.15, 0.2) is 17.9 Å². The lowest BCUT2D eigenvalue weighted by molar-refractivity contribution is -0.142. The van der Waals surface area contributed by atoms with Gasteiger partial charge in [-0.3, -0.25) is 72.5 Å². The van der Waals surface area contributed by atoms with E-state index in [4.69, 9.17) is 40.1 Å². The van der Waals surface area contributed by atoms with Crippen LogP contribution in [0.15, 0.2) is 39.2 Å². The van der Waals surface area contributed by atoms with Crippen LogP contribution >= 0.6 is 33.3 Å². The van der Waals surface area contributed by atoms with Crippen LogP contribution in [0.4, 0.5) is 0 Å². The molecule has 2 aliphatic heterocycles. The van der Waals surface area contributed by atoms with E-state index in [1.54, 1.807) is 34.0 Å². The number of aliphatic hydroxyl groups is 1. The first-order valence-electron chi connectivity index (χ1n) is 31.7. The summed E-state index contributed by atoms with van der Waals surface area (Å²) in [5.41, 5.74) is 39.6. The SMILES string of the molecule is CSCC[C@@H]1NC(=O)[C@@H](NC(=O)[C@H](CCCN=C(N)N)NC(C)=O)CSSC[C@@H](C(N)=O)NC(=O)[C@@H]2CCCN2C(=O)[C@H](CCCN=C(N)N)NC(=O)[C@H](Cc2ccc(O)cc2)NC(=O)[C@H](C(C)C)NC(=O)[C@H](CCCN=C(N)N)NC(=O)[C@@H](CO)NC(=O)[C@H](CC(C)C)NC1=O. The third kappa shape index (κ3) is 30.2. The molecule has 2 aliphatic rings. The van der Waals surface area contributed by atoms with Crippen LogP contribution < -0.4 is 93.3 Å². The fourth-order valence-corrected chi connectivity index (χ4v) is 12.9. The Labute approximate surface area is 575 Å². The van der Waals surface area contributed by atoms with Crippen LogP contribution in [0.1, 0.15) is 104 Å². The van der Waals surface area contributed by atoms with E-state index in [0.717, 1.165) is 21.6 Å². The van der Waals surface area contributed by atoms with Crippen molar-refractivity contribution in [3.8, 4) is 5.75 Å². The number of primary amides is 1. The number of nitrogens with one attached hydrogen (secondary N) is 10. The zero-order valence-corrected chi connectivity index (χ0v) is 58.0. The lowest BCUT2D eigenvalue weighted by atomic mass is 9.99. The predicted octanol–water partition coefficient (Wildman–Crippen LogP) is -5.72. The molecule has 0 bridgehead atoms. The monoisotopic (exact) mass is 1420 g/mol. The maximum Gasteiger partial charge on any atom is 0.245 e. The van der Waals surface area contributed by atoms with Gasteiger partial charge in [-0.2, -0.15) is 11.8 Å². The van der Waals surface area contributed by atoms with Crippen molar-refractivity contribution in [3.05, 3.63) is 29.8 Å². The Kier molecular flexibility index (Phi) is 36.6. The van der Waals surface area contributed by atoms with Crippen molar-refractivity contribution in [2.45, 2.75) is 172 Å². The van der Waals surface area contributed by atoms with Crippen LogP contribution in [0.3, 0.4) is 0 Å². The molecule has 12 amide bonds. The number of amides is 12. The largest absolute Gasteiger partial charge is 0.508 e. The number of hydrogen-bond donors (Lipinski definition) is 19. The standard InChI is InChI=1S/C59H99N21O14S3/c1-30(2)25-39-50(88)76-41(27-81)52(90)71-36(12-8-21-68-58(63)64)49(87)79-45(31(3)4)55(93)75-40(26-33-15-17-34(83)18-16-33)51(89)73-38(13-9-22-69-59(65)66)56(94)80-23-10-14-44(80)54(92)77-42(46(60)84)28-96-97-29-43(53(91)72-37(19-24-95-6)48(86)74-39)78-47(85)35(70-32(5)82)11-7-20-67-57(61)62/h15-18,30-31,35-45,81,83H,7-14,19-29H2,1-6H3,(H2,60,84)(H,70,82)(H,71,90)(H,72,91)(H,73,89)(H,74,86)(H,75,93)(H,76,88)(H,77,92)(H,78,85)(H,79,87)(H4,61,62,67)(H4,63,64,68)(H4,65,66,69)/t35-,36-,37-,38-,39-,40-,41+,42-,43-,44-,45-/m0/s1. The topological polar surface area (TPSA) is 588 Å². The first-order chi connectivity index (χ1) is 45.8. The average Bonchev–Trinajstić information content (AvgIpc) is 1.79. The molecule has 542 valence electrons. The Balaban J connectivity index is 2.27. The van der Waals surface area contributed by atoms with Gasteiger partial charge in [0, 0.05) is 51.0 Å². The third-order valence-electron chi connectivity index (χ3n) is 15.1. The Morgan fingerprint density at radius 3 is 1.70 bits per heavy atom. The van der Waals surface area contributed by atoms with Gasteiger partial charge in [-0.05, 0) is 106 Å². The van der Waals surface area contributed by atoms with Crippen molar-refractivity contribution in [2.24, 2.45) is 66.9 Å². The summed E-state index contributed by atoms with van der Waals surface area (Å²) in [5, 5.41) is 47.1. The number of phenolic OH excluding ortho intramolecular Hbond substituents is 1. The molecule has 0 aliphatic carbocycles. The molecule has 1 aromatic rings. The number of thioether (sulfide) groups is 1. The van der Waals surface area contributed by atoms with E-state index in [-0.39, 0.29) is 137 Å². The molecule has 0 aromatic heterocycles. The van der Waals surface area contributed by atoms with Crippen molar-refractivity contribution in [3.63, 3.8) is 0 Å². The molecule has 35 nitrogen and oxygen atoms in total. The fraction of sp³-hybridized carbons (Fsp3) is 0.644. The van der Waals surface area contributed by atoms with Crippen LogP contribution in [0, 0.1) is 11.8 Å². The second kappa shape index (κ2) is 42.9. The van der Waals surface area contributed by atoms with Crippen LogP contribution in [0.2, 0.25) is 0 Å². The highest BCUT2D eigenvalue weighted by Crippen LogP contribution is 2.25. The Morgan fingerprint density at radius 1 is 0.629 bits per heavy atom. The van der Waals surface area contributed by atoms with Crippen LogP contribution in [-0.4, -0.2) is 227 Å². The van der Waals surface area contributed by atoms with Crippen molar-refractivity contribution >= 4 is 122 Å². The number of benzene rings is 1. The van der Waals surface area contributed by atoms with Gasteiger partial charge in [0.25, 0.3) is 0 Å². The molecule has 97 heavy (non-hydrogen) atoms. The van der Waals surface area contributed by atoms with Crippen LogP contribution in [0.25, 0.3) is 0 Å². The quantitative estimate of drug-likeness (QED) is 0.0188. The number of carbonyl (C=O) groups is 12. The number of phenols is 1. The first kappa shape index (κ1) is 82.7. The Bertz CT molecular complexity index is 2940. The molecule has 38 heteroatoms. The molecular formula is C59H99N21O14S3. The number of fused-ring (bicyclic) bond motifs is 1. The van der Waals surface area contributed by atoms with Crippen molar-refractivity contribution in [1.82, 2.24) is 58.1 Å². The van der Waals surface area contributed by atoms with Gasteiger partial charge in [0.1, 0.15) is 72.2 Å². The zero-order valence-electron chi connectivity index (χ0n) is 55.6. The average molecular weight is 1420 g/mol. The summed E-state index contributed by atoms with van der Waals surface area (Å²) in [7, 11) is 1.92. The molecule has 11 atom stereocenters. The maximum atomic E-state index is 14.9. The molecular weight excluding hydrogens is 1320 g/mol. The third-order valence-corrected chi connectivity index (χ3v) is 18.2. The molecule has 2 fully saturated rings. The number of guanidine groups is 3. The van der Waals surface area contributed by atoms with E-state index in [1.165, 1.54) is 47.9 Å². The molecule has 26 N–H and O–H groups in total. The van der Waals surface area contributed by atoms with Crippen molar-refractivity contribution in [1.29, 1.82) is 0 Å². The van der Waals surface area contributed by atoms with Gasteiger partial charge in [-0.1, -0.05) is 61.4 Å². The summed E-state index contributed by atoms with van der Waals surface area (Å²) < 4.78 is 0. The maximum absolute atomic E-state index is 14.9. The highest BCUT2D eigenvalue weighted by Gasteiger charge is 2.41. The number of aromatic hydroxyl groups is 1. The van der Waals surface area contributed by atoms with E-state index in [9.17, 15) is 67.7 Å². The fourth-order valence-electron chi connectivity index (χ4n) is 10.1. The highest BCUT2D eigenvalue weighted by molar-refractivity contribution is 8.76. The molecule has 2 saturated heterocycles. The number of nitrogens with zero attached hydrogens (tertiary/aromatic N) is 4. The van der Waals surface area contributed by atoms with Crippen LogP contribution in [0.5, 0.6) is 5.75 Å². The lowest BCUT2D eigenvalue weighted by Gasteiger charge is -2.31. The molecule has 0 unspecified atom stereocenters. The van der Waals surface area contributed by atoms with E-state index in [1.807, 2.05) is 0 Å². The number of carbonyl (C=O) groups excluding carboxylic acids is 12. The lowest BCUT2D eigenvalue weighted by Crippen LogP contribution is -2.62. The minimum Gasteiger partial charge on any atom is -0.508 e. The number of hydrogen-bond acceptors (Lipinski definition) is 20. The van der Waals surface area contributed by atoms with Gasteiger partial charge in [-0.15, -0.1) is 0 Å². The molecule has 1 aromatic carbocycles. The summed E-state index contributed by atoms with van der Waals surface area (Å²) in [6.07, 6.45) is 1.93. The predicted molar refractivity (Wildman–Crippen MR) is 370 cm³/mol. The number of aliphatic imine (C=N–C) groups is 3. The number of aliphatic hydroxyl groups excluding tert-OH is 1. The molecule has 0 radical (unpaired) electrons. The Hall–Kier alpha value is -8.52. The molecule has 0 spiro atoms. The van der Waals surface area contributed by atoms with Crippen molar-refractivity contribution < 1.29 is 67.7 Å². The number of rotatable bonds is 25. The first-order valence-corrected chi connectivity index (χ1v) is 35.6. The second-order valence-corrected chi connectivity index (χ2v) is 27.5. The molecule has 3 rings (SSSR count). The van der Waals surface area contributed by atoms with E-state index in [2.05, 4.69) is 68.1 Å². The summed E-state index contributed by atoms with van der Waals surface area (Å²) in [6, 6.07) is -10.1. The van der Waals surface area contributed by atoms with Crippen LogP contribution in [-0.2, 0) is 64.0 Å². The minimum absolute atomic E-state index is 0.00214. The summed E-state index contributed by atoms with van der Waals surface area (Å²) >= 11 is 1.32. The second-order valence-electron chi connectivity index (χ2n) is 23.9. The highest BCUT2D eigenvalue weighted by atomic mass is 33.1. The smallest absolute Gasteiger partial charge is 0.245 e. The van der Waals surface area contributed by atoms with E-state index < -0.39 is 150 Å². The van der Waals surface area contributed by atoms with E-state index in [0.29, 0.717) is 12.0 Å². The van der Waals surface area contributed by atoms with Crippen molar-refractivity contribution in [2.75, 3.05) is 56.3 Å². The summed E-state index contributed by atoms with van der Waals surface area (Å²) in [5.74, 6) is -12.5. The van der Waals surface area contributed by atoms with Gasteiger partial charge in [0.2, 0.25) is 70.9 Å². The van der Waals surface area contributed by atoms with E-state index >= 15 is 0 Å². The Morgan fingerprint density at radius 2 is 1.13 bits per heavy atom. The minimum atomic E-state index is -1.77. The van der Waals surface area contributed by atoms with Gasteiger partial charge < -0.3 is 108 Å². The molecule has 2 heterocycles. The zero-order chi connectivity index (χ0) is 72.5. The summed E-state index contributed by atoms with van der Waals surface area (Å²) in [6.45, 7) is 6.88. The van der Waals surface area contributed by atoms with Gasteiger partial charge in [0.05, 0.1) is 6.61 Å².